The van der Waals surface area contributed by atoms with E-state index in [1.54, 1.807) is 35.3 Å². The van der Waals surface area contributed by atoms with Crippen LogP contribution in [-0.4, -0.2) is 45.5 Å². The minimum Gasteiger partial charge on any atom is -1.00 e. The molecular formula is C30H42I6N6O3S3. The smallest absolute Gasteiger partial charge is 0.339 e. The Balaban J connectivity index is 0.000000349. The SMILES string of the molecule is CCc1c(C)[n+]2c([nH]c1=O)SCC2CI.CCc1c(C)[n+]2c([nH]c1=O)SCC2CI.CCc1c(C)[n+]2c([nH]c1=O)SCC2CI.[I-].[I-].[I-]. The number of nitrogens with zero attached hydrogens (tertiary/aromatic N) is 3. The highest BCUT2D eigenvalue weighted by molar-refractivity contribution is 14.1. The van der Waals surface area contributed by atoms with Crippen molar-refractivity contribution in [3.63, 3.8) is 0 Å². The van der Waals surface area contributed by atoms with E-state index in [-0.39, 0.29) is 88.6 Å². The lowest BCUT2D eigenvalue weighted by Crippen LogP contribution is -3.00. The molecule has 0 fully saturated rings. The molecule has 0 spiro atoms. The summed E-state index contributed by atoms with van der Waals surface area (Å²) in [7, 11) is 0. The maximum Gasteiger partial charge on any atom is 0.339 e. The van der Waals surface area contributed by atoms with Crippen LogP contribution >= 0.6 is 103 Å². The fourth-order valence-corrected chi connectivity index (χ4v) is 13.1. The van der Waals surface area contributed by atoms with Crippen LogP contribution in [0.1, 0.15) is 72.7 Å². The van der Waals surface area contributed by atoms with Crippen molar-refractivity contribution in [2.45, 2.75) is 94.4 Å². The van der Waals surface area contributed by atoms with Gasteiger partial charge in [0.2, 0.25) is 0 Å². The summed E-state index contributed by atoms with van der Waals surface area (Å²) in [5.74, 6) is 3.23. The summed E-state index contributed by atoms with van der Waals surface area (Å²) in [5, 5.41) is 3.07. The number of alkyl halides is 3. The van der Waals surface area contributed by atoms with Crippen LogP contribution in [0, 0.1) is 20.8 Å². The van der Waals surface area contributed by atoms with Crippen LogP contribution in [0.2, 0.25) is 0 Å². The lowest BCUT2D eigenvalue weighted by Gasteiger charge is -2.09. The van der Waals surface area contributed by atoms with Crippen molar-refractivity contribution in [3.05, 3.63) is 64.8 Å². The Bertz CT molecular complexity index is 1540. The second-order valence-electron chi connectivity index (χ2n) is 11.0. The van der Waals surface area contributed by atoms with Crippen molar-refractivity contribution in [2.75, 3.05) is 30.5 Å². The Hall–Kier alpha value is 2.07. The second kappa shape index (κ2) is 22.4. The third-order valence-corrected chi connectivity index (χ3v) is 14.9. The first-order valence-corrected chi connectivity index (χ1v) is 22.7. The van der Waals surface area contributed by atoms with E-state index < -0.39 is 0 Å². The maximum atomic E-state index is 11.7. The molecule has 6 rings (SSSR count). The Morgan fingerprint density at radius 2 is 0.771 bits per heavy atom. The highest BCUT2D eigenvalue weighted by atomic mass is 127. The number of nitrogens with one attached hydrogen (secondary N) is 3. The van der Waals surface area contributed by atoms with Crippen LogP contribution in [0.5, 0.6) is 0 Å². The summed E-state index contributed by atoms with van der Waals surface area (Å²) in [6, 6.07) is 1.60. The van der Waals surface area contributed by atoms with E-state index in [9.17, 15) is 14.4 Å². The average Bonchev–Trinajstić information content (AvgIpc) is 3.75. The fraction of sp³-hybridized carbons (Fsp3) is 0.600. The number of halogens is 6. The number of hydrogen-bond donors (Lipinski definition) is 3. The van der Waals surface area contributed by atoms with Gasteiger partial charge in [-0.3, -0.25) is 0 Å². The topological polar surface area (TPSA) is 110 Å². The monoisotopic (exact) mass is 1390 g/mol. The predicted octanol–water partition coefficient (Wildman–Crippen LogP) is -4.14. The van der Waals surface area contributed by atoms with Gasteiger partial charge in [-0.15, -0.1) is 0 Å². The van der Waals surface area contributed by atoms with Crippen LogP contribution in [0.3, 0.4) is 0 Å². The first-order chi connectivity index (χ1) is 21.6. The van der Waals surface area contributed by atoms with E-state index in [2.05, 4.69) is 117 Å². The number of fused-ring (bicyclic) bond motifs is 3. The highest BCUT2D eigenvalue weighted by Crippen LogP contribution is 2.28. The molecule has 0 aliphatic carbocycles. The number of aromatic nitrogens is 6. The summed E-state index contributed by atoms with van der Waals surface area (Å²) in [6.07, 6.45) is 2.42. The quantitative estimate of drug-likeness (QED) is 0.100. The van der Waals surface area contributed by atoms with Gasteiger partial charge >= 0.3 is 32.1 Å². The molecule has 6 heterocycles. The third kappa shape index (κ3) is 10.4. The molecule has 0 radical (unpaired) electrons. The molecule has 3 N–H and O–H groups in total. The zero-order valence-corrected chi connectivity index (χ0v) is 43.0. The van der Waals surface area contributed by atoms with Gasteiger partial charge in [-0.25, -0.2) is 43.0 Å². The maximum absolute atomic E-state index is 11.7. The van der Waals surface area contributed by atoms with Gasteiger partial charge < -0.3 is 71.9 Å². The summed E-state index contributed by atoms with van der Waals surface area (Å²) in [6.45, 7) is 12.3. The molecule has 3 aliphatic rings. The molecule has 3 atom stereocenters. The van der Waals surface area contributed by atoms with Gasteiger partial charge in [-0.05, 0) is 75.3 Å². The molecule has 0 bridgehead atoms. The van der Waals surface area contributed by atoms with Crippen LogP contribution in [0.4, 0.5) is 0 Å². The van der Waals surface area contributed by atoms with Gasteiger partial charge in [-0.1, -0.05) is 88.5 Å². The lowest BCUT2D eigenvalue weighted by atomic mass is 10.2. The zero-order chi connectivity index (χ0) is 33.0. The van der Waals surface area contributed by atoms with Gasteiger partial charge in [0.15, 0.2) is 0 Å². The lowest BCUT2D eigenvalue weighted by molar-refractivity contribution is -0.752. The molecule has 0 amide bonds. The number of rotatable bonds is 6. The van der Waals surface area contributed by atoms with Gasteiger partial charge in [0.1, 0.15) is 35.2 Å². The van der Waals surface area contributed by atoms with Crippen molar-refractivity contribution >= 4 is 103 Å². The first-order valence-electron chi connectivity index (χ1n) is 15.1. The van der Waals surface area contributed by atoms with Crippen molar-refractivity contribution in [1.82, 2.24) is 15.0 Å². The normalized spacial score (nSPS) is 18.1. The van der Waals surface area contributed by atoms with E-state index >= 15 is 0 Å². The minimum atomic E-state index is 0. The molecule has 9 nitrogen and oxygen atoms in total. The van der Waals surface area contributed by atoms with Crippen molar-refractivity contribution in [3.8, 4) is 0 Å². The average molecular weight is 1390 g/mol. The van der Waals surface area contributed by atoms with Gasteiger partial charge in [0.25, 0.3) is 0 Å². The van der Waals surface area contributed by atoms with E-state index in [1.165, 1.54) is 0 Å². The molecule has 3 aliphatic heterocycles. The highest BCUT2D eigenvalue weighted by Gasteiger charge is 2.34. The van der Waals surface area contributed by atoms with Gasteiger partial charge in [0.05, 0.1) is 16.7 Å². The number of H-pyrrole nitrogens is 3. The molecule has 3 aromatic heterocycles. The fourth-order valence-electron chi connectivity index (χ4n) is 6.06. The Morgan fingerprint density at radius 1 is 0.542 bits per heavy atom. The van der Waals surface area contributed by atoms with E-state index in [1.807, 2.05) is 20.8 Å². The molecule has 48 heavy (non-hydrogen) atoms. The third-order valence-electron chi connectivity index (χ3n) is 8.46. The van der Waals surface area contributed by atoms with Crippen LogP contribution in [0.25, 0.3) is 0 Å². The molecule has 0 saturated carbocycles. The van der Waals surface area contributed by atoms with Crippen LogP contribution in [-0.2, 0) is 19.3 Å². The van der Waals surface area contributed by atoms with Gasteiger partial charge in [0, 0.05) is 30.5 Å². The van der Waals surface area contributed by atoms with Crippen LogP contribution in [0.15, 0.2) is 29.9 Å². The van der Waals surface area contributed by atoms with Crippen molar-refractivity contribution in [1.29, 1.82) is 0 Å². The molecule has 0 saturated heterocycles. The van der Waals surface area contributed by atoms with Gasteiger partial charge in [-0.2, -0.15) is 0 Å². The molecular weight excluding hydrogens is 1350 g/mol. The first kappa shape index (κ1) is 48.1. The molecule has 3 unspecified atom stereocenters. The second-order valence-corrected chi connectivity index (χ2v) is 16.7. The standard InChI is InChI=1S/3C10H13IN2OS.3HI/c3*1-3-8-6(2)13-7(4-11)5-15-10(13)12-9(8)14;;;/h3*7H,3-5H2,1-2H3;3*1H. The van der Waals surface area contributed by atoms with E-state index in [0.29, 0.717) is 18.1 Å². The molecule has 270 valence electrons. The Morgan fingerprint density at radius 3 is 0.958 bits per heavy atom. The van der Waals surface area contributed by atoms with E-state index in [4.69, 9.17) is 0 Å². The largest absolute Gasteiger partial charge is 1.00 e. The van der Waals surface area contributed by atoms with Crippen molar-refractivity contribution in [2.24, 2.45) is 0 Å². The zero-order valence-electron chi connectivity index (χ0n) is 27.7. The summed E-state index contributed by atoms with van der Waals surface area (Å²) in [4.78, 5) is 44.2. The Labute approximate surface area is 387 Å². The molecule has 0 aromatic carbocycles. The number of thioether (sulfide) groups is 3. The predicted molar refractivity (Wildman–Crippen MR) is 210 cm³/mol. The summed E-state index contributed by atoms with van der Waals surface area (Å²) in [5.41, 5.74) is 6.46. The number of aromatic amines is 3. The summed E-state index contributed by atoms with van der Waals surface area (Å²) < 4.78 is 10.2. The summed E-state index contributed by atoms with van der Waals surface area (Å²) >= 11 is 12.5. The van der Waals surface area contributed by atoms with Crippen LogP contribution < -0.4 is 102 Å². The van der Waals surface area contributed by atoms with Crippen molar-refractivity contribution < 1.29 is 85.6 Å². The Kier molecular flexibility index (Phi) is 22.5. The van der Waals surface area contributed by atoms with E-state index in [0.717, 1.165) is 99.0 Å². The number of hydrogen-bond acceptors (Lipinski definition) is 6. The molecule has 3 aromatic rings. The molecule has 18 heteroatoms. The minimum absolute atomic E-state index is 0.